The van der Waals surface area contributed by atoms with E-state index in [9.17, 15) is 14.7 Å². The molecule has 0 saturated carbocycles. The third-order valence-corrected chi connectivity index (χ3v) is 6.18. The molecular weight excluding hydrogens is 477 g/mol. The van der Waals surface area contributed by atoms with Crippen LogP contribution in [0.2, 0.25) is 10.0 Å². The first-order valence-corrected chi connectivity index (χ1v) is 12.0. The van der Waals surface area contributed by atoms with Gasteiger partial charge in [-0.3, -0.25) is 4.57 Å². The minimum atomic E-state index is -1.29. The lowest BCUT2D eigenvalue weighted by molar-refractivity contribution is -0.152. The van der Waals surface area contributed by atoms with Crippen molar-refractivity contribution in [3.8, 4) is 5.75 Å². The zero-order chi connectivity index (χ0) is 24.9. The molecule has 3 aromatic rings. The van der Waals surface area contributed by atoms with E-state index in [1.165, 1.54) is 18.5 Å². The number of hydrogen-bond acceptors (Lipinski definition) is 4. The van der Waals surface area contributed by atoms with E-state index in [0.717, 1.165) is 36.2 Å². The average Bonchev–Trinajstić information content (AvgIpc) is 3.06. The smallest absolute Gasteiger partial charge is 0.347 e. The summed E-state index contributed by atoms with van der Waals surface area (Å²) in [6.45, 7) is 6.00. The lowest BCUT2D eigenvalue weighted by Crippen LogP contribution is -2.37. The molecule has 182 valence electrons. The largest absolute Gasteiger partial charge is 0.478 e. The minimum absolute atomic E-state index is 0.134. The Morgan fingerprint density at radius 3 is 2.35 bits per heavy atom. The second kappa shape index (κ2) is 11.1. The number of rotatable bonds is 11. The molecule has 0 atom stereocenters. The number of benzene rings is 2. The number of nitrogens with zero attached hydrogens (tertiary/aromatic N) is 3. The van der Waals surface area contributed by atoms with E-state index < -0.39 is 11.6 Å². The van der Waals surface area contributed by atoms with Gasteiger partial charge in [-0.25, -0.2) is 14.3 Å². The van der Waals surface area contributed by atoms with Crippen LogP contribution in [0.5, 0.6) is 5.75 Å². The van der Waals surface area contributed by atoms with Crippen molar-refractivity contribution in [1.82, 2.24) is 14.3 Å². The van der Waals surface area contributed by atoms with Crippen LogP contribution >= 0.6 is 23.2 Å². The highest BCUT2D eigenvalue weighted by Crippen LogP contribution is 2.23. The van der Waals surface area contributed by atoms with Gasteiger partial charge < -0.3 is 9.84 Å². The van der Waals surface area contributed by atoms with Gasteiger partial charge in [0.15, 0.2) is 5.60 Å². The lowest BCUT2D eigenvalue weighted by Gasteiger charge is -2.21. The van der Waals surface area contributed by atoms with Crippen molar-refractivity contribution < 1.29 is 14.6 Å². The molecule has 3 rings (SSSR count). The number of aliphatic carboxylic acids is 1. The Morgan fingerprint density at radius 1 is 1.06 bits per heavy atom. The predicted octanol–water partition coefficient (Wildman–Crippen LogP) is 5.23. The van der Waals surface area contributed by atoms with Crippen molar-refractivity contribution >= 4 is 29.2 Å². The van der Waals surface area contributed by atoms with Crippen LogP contribution in [0.25, 0.3) is 0 Å². The van der Waals surface area contributed by atoms with Gasteiger partial charge in [-0.05, 0) is 68.5 Å². The molecular formula is C25H29Cl2N3O4. The van der Waals surface area contributed by atoms with Crippen LogP contribution in [-0.4, -0.2) is 31.0 Å². The Bertz CT molecular complexity index is 1200. The molecule has 0 amide bonds. The third kappa shape index (κ3) is 6.42. The summed E-state index contributed by atoms with van der Waals surface area (Å²) in [5, 5.41) is 14.7. The van der Waals surface area contributed by atoms with Gasteiger partial charge in [-0.15, -0.1) is 0 Å². The molecule has 1 N–H and O–H groups in total. The molecule has 34 heavy (non-hydrogen) atoms. The van der Waals surface area contributed by atoms with Crippen molar-refractivity contribution in [1.29, 1.82) is 0 Å². The number of halogens is 2. The zero-order valence-corrected chi connectivity index (χ0v) is 21.1. The topological polar surface area (TPSA) is 86.3 Å². The highest BCUT2D eigenvalue weighted by Gasteiger charge is 2.29. The molecule has 0 fully saturated rings. The van der Waals surface area contributed by atoms with Crippen LogP contribution in [0.4, 0.5) is 0 Å². The third-order valence-electron chi connectivity index (χ3n) is 5.44. The second-order valence-corrected chi connectivity index (χ2v) is 9.49. The van der Waals surface area contributed by atoms with Crippen LogP contribution in [0.15, 0.2) is 47.3 Å². The fraction of sp³-hybridized carbons (Fsp3) is 0.400. The summed E-state index contributed by atoms with van der Waals surface area (Å²) in [7, 11) is 0. The average molecular weight is 506 g/mol. The maximum atomic E-state index is 12.9. The van der Waals surface area contributed by atoms with Crippen LogP contribution < -0.4 is 10.4 Å². The van der Waals surface area contributed by atoms with E-state index in [2.05, 4.69) is 5.10 Å². The zero-order valence-electron chi connectivity index (χ0n) is 19.6. The normalized spacial score (nSPS) is 11.6. The van der Waals surface area contributed by atoms with Gasteiger partial charge in [-0.1, -0.05) is 48.3 Å². The number of aryl methyl sites for hydroxylation is 2. The molecule has 0 saturated heterocycles. The monoisotopic (exact) mass is 505 g/mol. The number of ether oxygens (including phenoxy) is 1. The SMILES string of the molecule is CCCn1c(CCCc2ccc(OC(C)(C)C(=O)O)cc2)nn(Cc2ccc(Cl)c(Cl)c2)c1=O. The first-order chi connectivity index (χ1) is 16.1. The standard InChI is InChI=1S/C25H29Cl2N3O4/c1-4-14-29-22(28-30(24(29)33)16-18-10-13-20(26)21(27)15-18)7-5-6-17-8-11-19(12-9-17)34-25(2,3)23(31)32/h8-13,15H,4-7,14,16H2,1-3H3,(H,31,32). The van der Waals surface area contributed by atoms with Crippen LogP contribution in [0, 0.1) is 0 Å². The number of aromatic nitrogens is 3. The molecule has 0 aliphatic carbocycles. The first kappa shape index (κ1) is 25.8. The summed E-state index contributed by atoms with van der Waals surface area (Å²) in [6.07, 6.45) is 3.10. The van der Waals surface area contributed by atoms with Gasteiger partial charge in [0.05, 0.1) is 16.6 Å². The van der Waals surface area contributed by atoms with E-state index in [1.807, 2.05) is 25.1 Å². The maximum Gasteiger partial charge on any atom is 0.347 e. The molecule has 0 unspecified atom stereocenters. The van der Waals surface area contributed by atoms with Crippen molar-refractivity contribution in [2.24, 2.45) is 0 Å². The summed E-state index contributed by atoms with van der Waals surface area (Å²) in [6, 6.07) is 12.7. The van der Waals surface area contributed by atoms with Crippen molar-refractivity contribution in [2.75, 3.05) is 0 Å². The maximum absolute atomic E-state index is 12.9. The molecule has 0 bridgehead atoms. The molecule has 1 heterocycles. The molecule has 0 aliphatic rings. The molecule has 0 radical (unpaired) electrons. The summed E-state index contributed by atoms with van der Waals surface area (Å²) >= 11 is 12.1. The number of carbonyl (C=O) groups is 1. The molecule has 9 heteroatoms. The Kier molecular flexibility index (Phi) is 8.44. The van der Waals surface area contributed by atoms with Gasteiger partial charge in [0.25, 0.3) is 0 Å². The Balaban J connectivity index is 1.66. The van der Waals surface area contributed by atoms with Crippen molar-refractivity contribution in [3.63, 3.8) is 0 Å². The molecule has 0 aliphatic heterocycles. The van der Waals surface area contributed by atoms with Crippen molar-refractivity contribution in [2.45, 2.75) is 65.1 Å². The highest BCUT2D eigenvalue weighted by atomic mass is 35.5. The van der Waals surface area contributed by atoms with Gasteiger partial charge in [-0.2, -0.15) is 5.10 Å². The predicted molar refractivity (Wildman–Crippen MR) is 133 cm³/mol. The van der Waals surface area contributed by atoms with Crippen LogP contribution in [-0.2, 0) is 30.7 Å². The fourth-order valence-electron chi connectivity index (χ4n) is 3.55. The molecule has 7 nitrogen and oxygen atoms in total. The summed E-state index contributed by atoms with van der Waals surface area (Å²) < 4.78 is 8.76. The van der Waals surface area contributed by atoms with E-state index in [0.29, 0.717) is 35.3 Å². The van der Waals surface area contributed by atoms with Gasteiger partial charge in [0.1, 0.15) is 11.6 Å². The fourth-order valence-corrected chi connectivity index (χ4v) is 3.87. The highest BCUT2D eigenvalue weighted by molar-refractivity contribution is 6.42. The van der Waals surface area contributed by atoms with E-state index in [-0.39, 0.29) is 5.69 Å². The van der Waals surface area contributed by atoms with E-state index >= 15 is 0 Å². The van der Waals surface area contributed by atoms with Gasteiger partial charge in [0.2, 0.25) is 0 Å². The Morgan fingerprint density at radius 2 is 1.74 bits per heavy atom. The Labute approximate surface area is 208 Å². The summed E-state index contributed by atoms with van der Waals surface area (Å²) in [4.78, 5) is 24.1. The lowest BCUT2D eigenvalue weighted by atomic mass is 10.1. The molecule has 1 aromatic heterocycles. The second-order valence-electron chi connectivity index (χ2n) is 8.67. The Hall–Kier alpha value is -2.77. The first-order valence-electron chi connectivity index (χ1n) is 11.2. The minimum Gasteiger partial charge on any atom is -0.478 e. The van der Waals surface area contributed by atoms with Gasteiger partial charge in [0, 0.05) is 13.0 Å². The van der Waals surface area contributed by atoms with Crippen LogP contribution in [0.3, 0.4) is 0 Å². The van der Waals surface area contributed by atoms with Crippen LogP contribution in [0.1, 0.15) is 50.6 Å². The van der Waals surface area contributed by atoms with Crippen molar-refractivity contribution in [3.05, 3.63) is 79.9 Å². The van der Waals surface area contributed by atoms with Gasteiger partial charge >= 0.3 is 11.7 Å². The number of carboxylic acid groups (broad SMARTS) is 1. The molecule has 2 aromatic carbocycles. The summed E-state index contributed by atoms with van der Waals surface area (Å²) in [5.74, 6) is 0.248. The number of carboxylic acids is 1. The quantitative estimate of drug-likeness (QED) is 0.385. The molecule has 0 spiro atoms. The summed E-state index contributed by atoms with van der Waals surface area (Å²) in [5.41, 5.74) is 0.531. The van der Waals surface area contributed by atoms with E-state index in [1.54, 1.807) is 28.8 Å². The van der Waals surface area contributed by atoms with E-state index in [4.69, 9.17) is 27.9 Å². The number of hydrogen-bond donors (Lipinski definition) is 1.